The van der Waals surface area contributed by atoms with Crippen LogP contribution in [-0.2, 0) is 9.59 Å². The quantitative estimate of drug-likeness (QED) is 0.251. The van der Waals surface area contributed by atoms with Crippen LogP contribution in [0.1, 0.15) is 37.0 Å². The maximum Gasteiger partial charge on any atom is 0.265 e. The summed E-state index contributed by atoms with van der Waals surface area (Å²) in [5.74, 6) is 1.29. The molecule has 0 saturated heterocycles. The lowest BCUT2D eigenvalue weighted by molar-refractivity contribution is -0.121. The molecule has 2 amide bonds. The first-order valence-corrected chi connectivity index (χ1v) is 12.7. The number of carbonyl (C=O) groups is 3. The molecule has 3 aromatic carbocycles. The van der Waals surface area contributed by atoms with E-state index < -0.39 is 0 Å². The van der Waals surface area contributed by atoms with Crippen molar-refractivity contribution >= 4 is 29.0 Å². The zero-order chi connectivity index (χ0) is 26.9. The van der Waals surface area contributed by atoms with E-state index >= 15 is 0 Å². The Hall–Kier alpha value is -4.33. The molecule has 0 atom stereocenters. The number of anilines is 2. The van der Waals surface area contributed by atoms with Crippen LogP contribution >= 0.6 is 0 Å². The van der Waals surface area contributed by atoms with Crippen molar-refractivity contribution < 1.29 is 28.6 Å². The fraction of sp³-hybridized carbons (Fsp3) is 0.300. The average Bonchev–Trinajstić information content (AvgIpc) is 2.92. The highest BCUT2D eigenvalue weighted by atomic mass is 16.5. The Kier molecular flexibility index (Phi) is 8.98. The van der Waals surface area contributed by atoms with E-state index in [0.29, 0.717) is 61.8 Å². The Bertz CT molecular complexity index is 1260. The van der Waals surface area contributed by atoms with Gasteiger partial charge in [0.1, 0.15) is 11.5 Å². The lowest BCUT2D eigenvalue weighted by Crippen LogP contribution is -2.40. The fourth-order valence-corrected chi connectivity index (χ4v) is 4.29. The summed E-state index contributed by atoms with van der Waals surface area (Å²) >= 11 is 0. The van der Waals surface area contributed by atoms with Crippen molar-refractivity contribution in [2.75, 3.05) is 42.7 Å². The molecule has 198 valence electrons. The third kappa shape index (κ3) is 6.70. The number of carbonyl (C=O) groups excluding carboxylic acids is 3. The van der Waals surface area contributed by atoms with Crippen LogP contribution in [0.25, 0.3) is 0 Å². The summed E-state index contributed by atoms with van der Waals surface area (Å²) in [6, 6.07) is 22.3. The second kappa shape index (κ2) is 12.8. The molecule has 0 radical (unpaired) electrons. The molecule has 8 nitrogen and oxygen atoms in total. The van der Waals surface area contributed by atoms with Gasteiger partial charge in [-0.3, -0.25) is 14.4 Å². The van der Waals surface area contributed by atoms with Crippen LogP contribution < -0.4 is 24.0 Å². The van der Waals surface area contributed by atoms with Gasteiger partial charge in [0.25, 0.3) is 5.91 Å². The van der Waals surface area contributed by atoms with E-state index in [-0.39, 0.29) is 24.2 Å². The minimum Gasteiger partial charge on any atom is -0.494 e. The molecule has 8 heteroatoms. The largest absolute Gasteiger partial charge is 0.494 e. The van der Waals surface area contributed by atoms with Gasteiger partial charge in [0.2, 0.25) is 5.91 Å². The molecule has 0 unspecified atom stereocenters. The molecule has 1 aliphatic rings. The maximum atomic E-state index is 12.8. The number of rotatable bonds is 12. The molecule has 38 heavy (non-hydrogen) atoms. The number of para-hydroxylation sites is 2. The minimum atomic E-state index is -0.213. The average molecular weight is 517 g/mol. The first kappa shape index (κ1) is 26.7. The van der Waals surface area contributed by atoms with Crippen LogP contribution in [0.3, 0.4) is 0 Å². The predicted molar refractivity (Wildman–Crippen MR) is 145 cm³/mol. The Morgan fingerprint density at radius 1 is 0.895 bits per heavy atom. The monoisotopic (exact) mass is 516 g/mol. The predicted octanol–water partition coefficient (Wildman–Crippen LogP) is 4.91. The van der Waals surface area contributed by atoms with E-state index in [4.69, 9.17) is 14.2 Å². The zero-order valence-electron chi connectivity index (χ0n) is 21.7. The molecular formula is C30H32N2O6. The fourth-order valence-electron chi connectivity index (χ4n) is 4.29. The van der Waals surface area contributed by atoms with Gasteiger partial charge >= 0.3 is 0 Å². The molecule has 0 N–H and O–H groups in total. The molecule has 0 aliphatic carbocycles. The smallest absolute Gasteiger partial charge is 0.265 e. The number of ether oxygens (including phenoxy) is 3. The third-order valence-corrected chi connectivity index (χ3v) is 6.13. The van der Waals surface area contributed by atoms with Gasteiger partial charge in [-0.25, -0.2) is 0 Å². The van der Waals surface area contributed by atoms with Gasteiger partial charge in [-0.05, 0) is 56.2 Å². The highest BCUT2D eigenvalue weighted by Gasteiger charge is 2.30. The summed E-state index contributed by atoms with van der Waals surface area (Å²) < 4.78 is 17.3. The summed E-state index contributed by atoms with van der Waals surface area (Å²) in [7, 11) is 0. The van der Waals surface area contributed by atoms with Crippen LogP contribution in [0.4, 0.5) is 11.4 Å². The molecule has 0 bridgehead atoms. The van der Waals surface area contributed by atoms with E-state index in [0.717, 1.165) is 11.5 Å². The number of nitrogens with zero attached hydrogens (tertiary/aromatic N) is 2. The summed E-state index contributed by atoms with van der Waals surface area (Å²) in [5.41, 5.74) is 1.35. The Morgan fingerprint density at radius 3 is 2.08 bits per heavy atom. The number of fused-ring (bicyclic) bond motifs is 1. The second-order valence-electron chi connectivity index (χ2n) is 8.93. The van der Waals surface area contributed by atoms with Gasteiger partial charge in [-0.2, -0.15) is 0 Å². The van der Waals surface area contributed by atoms with Crippen LogP contribution in [0.2, 0.25) is 0 Å². The first-order chi connectivity index (χ1) is 18.4. The standard InChI is InChI=1S/C30H32N2O6/c1-22(33)27-19-24(31(23(2)34)15-9-17-36-25-11-5-3-6-12-25)20-28-30(27)38-21-29(35)32(28)16-10-18-37-26-13-7-4-8-14-26/h3-8,11-14,19-20H,9-10,15-18,21H2,1-2H3. The van der Waals surface area contributed by atoms with Crippen LogP contribution in [-0.4, -0.2) is 50.5 Å². The Morgan fingerprint density at radius 2 is 1.50 bits per heavy atom. The van der Waals surface area contributed by atoms with Crippen LogP contribution in [0, 0.1) is 0 Å². The van der Waals surface area contributed by atoms with Gasteiger partial charge in [0, 0.05) is 25.7 Å². The molecule has 3 aromatic rings. The molecule has 0 spiro atoms. The van der Waals surface area contributed by atoms with Crippen molar-refractivity contribution in [3.05, 3.63) is 78.4 Å². The number of Topliss-reactive ketones (excluding diaryl/α,β-unsaturated/α-hetero) is 1. The molecule has 1 heterocycles. The molecule has 0 saturated carbocycles. The van der Waals surface area contributed by atoms with Crippen molar-refractivity contribution in [1.29, 1.82) is 0 Å². The number of benzene rings is 3. The van der Waals surface area contributed by atoms with Crippen molar-refractivity contribution in [2.24, 2.45) is 0 Å². The van der Waals surface area contributed by atoms with Gasteiger partial charge in [-0.15, -0.1) is 0 Å². The normalized spacial score (nSPS) is 12.4. The minimum absolute atomic E-state index is 0.153. The summed E-state index contributed by atoms with van der Waals surface area (Å²) in [6.45, 7) is 4.39. The first-order valence-electron chi connectivity index (χ1n) is 12.7. The zero-order valence-corrected chi connectivity index (χ0v) is 21.7. The van der Waals surface area contributed by atoms with Gasteiger partial charge < -0.3 is 24.0 Å². The van der Waals surface area contributed by atoms with Crippen molar-refractivity contribution in [2.45, 2.75) is 26.7 Å². The molecule has 4 rings (SSSR count). The molecular weight excluding hydrogens is 484 g/mol. The van der Waals surface area contributed by atoms with Crippen LogP contribution in [0.5, 0.6) is 17.2 Å². The van der Waals surface area contributed by atoms with E-state index in [2.05, 4.69) is 0 Å². The topological polar surface area (TPSA) is 85.4 Å². The van der Waals surface area contributed by atoms with Crippen LogP contribution in [0.15, 0.2) is 72.8 Å². The Balaban J connectivity index is 1.50. The van der Waals surface area contributed by atoms with E-state index in [1.54, 1.807) is 21.9 Å². The number of ketones is 1. The highest BCUT2D eigenvalue weighted by Crippen LogP contribution is 2.40. The Labute approximate surface area is 222 Å². The maximum absolute atomic E-state index is 12.8. The SMILES string of the molecule is CC(=O)c1cc(N(CCCOc2ccccc2)C(C)=O)cc2c1OCC(=O)N2CCCOc1ccccc1. The number of amides is 2. The summed E-state index contributed by atoms with van der Waals surface area (Å²) in [5, 5.41) is 0. The summed E-state index contributed by atoms with van der Waals surface area (Å²) in [6.07, 6.45) is 1.16. The lowest BCUT2D eigenvalue weighted by atomic mass is 10.0. The van der Waals surface area contributed by atoms with E-state index in [9.17, 15) is 14.4 Å². The third-order valence-electron chi connectivity index (χ3n) is 6.13. The van der Waals surface area contributed by atoms with E-state index in [1.807, 2.05) is 60.7 Å². The second-order valence-corrected chi connectivity index (χ2v) is 8.93. The molecule has 1 aliphatic heterocycles. The van der Waals surface area contributed by atoms with Crippen molar-refractivity contribution in [3.63, 3.8) is 0 Å². The van der Waals surface area contributed by atoms with Gasteiger partial charge in [0.15, 0.2) is 18.1 Å². The number of hydrogen-bond donors (Lipinski definition) is 0. The van der Waals surface area contributed by atoms with Crippen molar-refractivity contribution in [3.8, 4) is 17.2 Å². The van der Waals surface area contributed by atoms with Crippen molar-refractivity contribution in [1.82, 2.24) is 0 Å². The molecule has 0 aromatic heterocycles. The molecule has 0 fully saturated rings. The highest BCUT2D eigenvalue weighted by molar-refractivity contribution is 6.06. The van der Waals surface area contributed by atoms with Gasteiger partial charge in [-0.1, -0.05) is 36.4 Å². The van der Waals surface area contributed by atoms with E-state index in [1.165, 1.54) is 13.8 Å². The summed E-state index contributed by atoms with van der Waals surface area (Å²) in [4.78, 5) is 41.2. The van der Waals surface area contributed by atoms with Gasteiger partial charge in [0.05, 0.1) is 24.5 Å². The lowest BCUT2D eigenvalue weighted by Gasteiger charge is -2.32. The number of hydrogen-bond acceptors (Lipinski definition) is 6.